The van der Waals surface area contributed by atoms with Gasteiger partial charge in [-0.2, -0.15) is 8.42 Å². The molecule has 0 spiro atoms. The van der Waals surface area contributed by atoms with Gasteiger partial charge in [-0.25, -0.2) is 0 Å². The highest BCUT2D eigenvalue weighted by molar-refractivity contribution is 7.86. The molecule has 0 saturated heterocycles. The molecule has 2 atom stereocenters. The second-order valence-corrected chi connectivity index (χ2v) is 10.6. The SMILES string of the molecule is CCCCCCCCCCCCC(C[C@@H](C)CCC=O)OS(=O)(=O)c1ccc(C)cc1. The molecule has 1 rings (SSSR count). The summed E-state index contributed by atoms with van der Waals surface area (Å²) >= 11 is 0. The smallest absolute Gasteiger partial charge is 0.297 e. The first kappa shape index (κ1) is 27.8. The third-order valence-electron chi connectivity index (χ3n) is 5.89. The van der Waals surface area contributed by atoms with Crippen LogP contribution in [0.4, 0.5) is 0 Å². The number of aryl methyl sites for hydroxylation is 1. The predicted molar refractivity (Wildman–Crippen MR) is 129 cm³/mol. The van der Waals surface area contributed by atoms with Gasteiger partial charge in [-0.3, -0.25) is 4.18 Å². The molecule has 1 aromatic carbocycles. The van der Waals surface area contributed by atoms with E-state index in [1.54, 1.807) is 24.3 Å². The number of carbonyl (C=O) groups is 1. The van der Waals surface area contributed by atoms with Gasteiger partial charge in [0.05, 0.1) is 11.0 Å². The maximum atomic E-state index is 12.8. The maximum Gasteiger partial charge on any atom is 0.297 e. The summed E-state index contributed by atoms with van der Waals surface area (Å²) in [6.45, 7) is 6.24. The Labute approximate surface area is 191 Å². The normalized spacial score (nSPS) is 13.8. The Morgan fingerprint density at radius 3 is 1.97 bits per heavy atom. The van der Waals surface area contributed by atoms with Crippen LogP contribution in [0.25, 0.3) is 0 Å². The molecule has 0 fully saturated rings. The number of carbonyl (C=O) groups excluding carboxylic acids is 1. The summed E-state index contributed by atoms with van der Waals surface area (Å²) in [5.41, 5.74) is 1.02. The van der Waals surface area contributed by atoms with E-state index in [-0.39, 0.29) is 16.9 Å². The number of aldehydes is 1. The Balaban J connectivity index is 2.48. The number of benzene rings is 1. The summed E-state index contributed by atoms with van der Waals surface area (Å²) in [5, 5.41) is 0. The van der Waals surface area contributed by atoms with Gasteiger partial charge in [-0.05, 0) is 44.2 Å². The van der Waals surface area contributed by atoms with Gasteiger partial charge < -0.3 is 4.79 Å². The highest BCUT2D eigenvalue weighted by Gasteiger charge is 2.23. The molecule has 0 aliphatic heterocycles. The molecule has 0 aliphatic carbocycles. The van der Waals surface area contributed by atoms with Crippen LogP contribution in [0, 0.1) is 12.8 Å². The molecule has 0 saturated carbocycles. The second-order valence-electron chi connectivity index (χ2n) is 9.04. The molecule has 31 heavy (non-hydrogen) atoms. The van der Waals surface area contributed by atoms with Crippen molar-refractivity contribution in [3.63, 3.8) is 0 Å². The summed E-state index contributed by atoms with van der Waals surface area (Å²) in [5.74, 6) is 0.256. The first-order valence-electron chi connectivity index (χ1n) is 12.3. The van der Waals surface area contributed by atoms with E-state index < -0.39 is 10.1 Å². The minimum absolute atomic E-state index is 0.215. The quantitative estimate of drug-likeness (QED) is 0.125. The van der Waals surface area contributed by atoms with Crippen LogP contribution in [0.3, 0.4) is 0 Å². The van der Waals surface area contributed by atoms with Crippen molar-refractivity contribution < 1.29 is 17.4 Å². The number of unbranched alkanes of at least 4 members (excludes halogenated alkanes) is 9. The van der Waals surface area contributed by atoms with E-state index in [9.17, 15) is 13.2 Å². The van der Waals surface area contributed by atoms with Gasteiger partial charge in [-0.15, -0.1) is 0 Å². The summed E-state index contributed by atoms with van der Waals surface area (Å²) in [6.07, 6.45) is 15.8. The first-order valence-corrected chi connectivity index (χ1v) is 13.7. The minimum atomic E-state index is -3.77. The molecule has 0 aromatic heterocycles. The monoisotopic (exact) mass is 452 g/mol. The first-order chi connectivity index (χ1) is 14.9. The van der Waals surface area contributed by atoms with Crippen LogP contribution in [-0.4, -0.2) is 20.8 Å². The van der Waals surface area contributed by atoms with Crippen molar-refractivity contribution in [1.82, 2.24) is 0 Å². The topological polar surface area (TPSA) is 60.4 Å². The zero-order valence-electron chi connectivity index (χ0n) is 20.0. The van der Waals surface area contributed by atoms with Gasteiger partial charge in [0.1, 0.15) is 6.29 Å². The number of hydrogen-bond donors (Lipinski definition) is 0. The molecule has 0 N–H and O–H groups in total. The Kier molecular flexibility index (Phi) is 14.8. The molecule has 5 heteroatoms. The molecular formula is C26H44O4S. The van der Waals surface area contributed by atoms with E-state index in [0.29, 0.717) is 12.8 Å². The van der Waals surface area contributed by atoms with E-state index in [4.69, 9.17) is 4.18 Å². The highest BCUT2D eigenvalue weighted by Crippen LogP contribution is 2.24. The average molecular weight is 453 g/mol. The van der Waals surface area contributed by atoms with Crippen LogP contribution in [0.1, 0.15) is 109 Å². The molecule has 0 bridgehead atoms. The lowest BCUT2D eigenvalue weighted by Gasteiger charge is -2.21. The predicted octanol–water partition coefficient (Wildman–Crippen LogP) is 7.39. The number of hydrogen-bond acceptors (Lipinski definition) is 4. The van der Waals surface area contributed by atoms with Crippen molar-refractivity contribution in [3.05, 3.63) is 29.8 Å². The molecule has 4 nitrogen and oxygen atoms in total. The Morgan fingerprint density at radius 1 is 0.871 bits per heavy atom. The van der Waals surface area contributed by atoms with E-state index in [0.717, 1.165) is 37.5 Å². The Hall–Kier alpha value is -1.20. The number of rotatable bonds is 19. The van der Waals surface area contributed by atoms with Crippen molar-refractivity contribution in [2.75, 3.05) is 0 Å². The molecular weight excluding hydrogens is 408 g/mol. The largest absolute Gasteiger partial charge is 0.303 e. The van der Waals surface area contributed by atoms with Crippen LogP contribution < -0.4 is 0 Å². The van der Waals surface area contributed by atoms with E-state index >= 15 is 0 Å². The van der Waals surface area contributed by atoms with Crippen LogP contribution in [-0.2, 0) is 19.1 Å². The van der Waals surface area contributed by atoms with Crippen LogP contribution in [0.2, 0.25) is 0 Å². The third-order valence-corrected chi connectivity index (χ3v) is 7.27. The van der Waals surface area contributed by atoms with E-state index in [1.807, 2.05) is 6.92 Å². The zero-order chi connectivity index (χ0) is 23.0. The molecule has 0 radical (unpaired) electrons. The van der Waals surface area contributed by atoms with Gasteiger partial charge in [0.15, 0.2) is 0 Å². The molecule has 0 aliphatic rings. The Morgan fingerprint density at radius 2 is 1.42 bits per heavy atom. The fourth-order valence-electron chi connectivity index (χ4n) is 3.92. The van der Waals surface area contributed by atoms with Crippen LogP contribution in [0.15, 0.2) is 29.2 Å². The Bertz CT molecular complexity index is 682. The molecule has 0 heterocycles. The van der Waals surface area contributed by atoms with Crippen LogP contribution >= 0.6 is 0 Å². The standard InChI is InChI=1S/C26H44O4S/c1-4-5-6-7-8-9-10-11-12-13-16-25(22-24(3)15-14-21-27)30-31(28,29)26-19-17-23(2)18-20-26/h17-21,24-25H,4-16,22H2,1-3H3/t24-,25?/m0/s1. The third kappa shape index (κ3) is 13.1. The zero-order valence-corrected chi connectivity index (χ0v) is 20.8. The van der Waals surface area contributed by atoms with Crippen molar-refractivity contribution in [2.24, 2.45) is 5.92 Å². The van der Waals surface area contributed by atoms with Crippen molar-refractivity contribution >= 4 is 16.4 Å². The highest BCUT2D eigenvalue weighted by atomic mass is 32.2. The molecule has 1 aromatic rings. The molecule has 1 unspecified atom stereocenters. The van der Waals surface area contributed by atoms with E-state index in [2.05, 4.69) is 13.8 Å². The van der Waals surface area contributed by atoms with Gasteiger partial charge >= 0.3 is 0 Å². The fraction of sp³-hybridized carbons (Fsp3) is 0.731. The summed E-state index contributed by atoms with van der Waals surface area (Å²) in [4.78, 5) is 10.9. The van der Waals surface area contributed by atoms with Crippen LogP contribution in [0.5, 0.6) is 0 Å². The lowest BCUT2D eigenvalue weighted by atomic mass is 9.95. The second kappa shape index (κ2) is 16.4. The summed E-state index contributed by atoms with van der Waals surface area (Å²) in [7, 11) is -3.77. The lowest BCUT2D eigenvalue weighted by Crippen LogP contribution is -2.21. The van der Waals surface area contributed by atoms with Gasteiger partial charge in [0, 0.05) is 6.42 Å². The fourth-order valence-corrected chi connectivity index (χ4v) is 5.04. The van der Waals surface area contributed by atoms with Crippen molar-refractivity contribution in [2.45, 2.75) is 122 Å². The van der Waals surface area contributed by atoms with Crippen molar-refractivity contribution in [3.8, 4) is 0 Å². The lowest BCUT2D eigenvalue weighted by molar-refractivity contribution is -0.108. The molecule has 0 amide bonds. The minimum Gasteiger partial charge on any atom is -0.303 e. The summed E-state index contributed by atoms with van der Waals surface area (Å²) < 4.78 is 31.2. The van der Waals surface area contributed by atoms with Gasteiger partial charge in [0.25, 0.3) is 10.1 Å². The molecule has 178 valence electrons. The average Bonchev–Trinajstić information content (AvgIpc) is 2.73. The van der Waals surface area contributed by atoms with E-state index in [1.165, 1.54) is 51.4 Å². The van der Waals surface area contributed by atoms with Gasteiger partial charge in [0.2, 0.25) is 0 Å². The van der Waals surface area contributed by atoms with Gasteiger partial charge in [-0.1, -0.05) is 95.8 Å². The maximum absolute atomic E-state index is 12.8. The summed E-state index contributed by atoms with van der Waals surface area (Å²) in [6, 6.07) is 6.80. The van der Waals surface area contributed by atoms with Crippen molar-refractivity contribution in [1.29, 1.82) is 0 Å².